The molecule has 1 aromatic carbocycles. The number of carbonyl (C=O) groups excluding carboxylic acids is 1. The number of halogens is 5. The van der Waals surface area contributed by atoms with Gasteiger partial charge in [-0.2, -0.15) is 13.2 Å². The molecule has 0 aliphatic rings. The van der Waals surface area contributed by atoms with Gasteiger partial charge in [-0.25, -0.2) is 13.8 Å². The first-order chi connectivity index (χ1) is 16.7. The molecule has 0 radical (unpaired) electrons. The minimum absolute atomic E-state index is 0.186. The van der Waals surface area contributed by atoms with Crippen molar-refractivity contribution in [1.29, 1.82) is 0 Å². The summed E-state index contributed by atoms with van der Waals surface area (Å²) in [6.45, 7) is 6.27. The molecule has 2 heterocycles. The van der Waals surface area contributed by atoms with Gasteiger partial charge in [0.1, 0.15) is 23.9 Å². The van der Waals surface area contributed by atoms with Gasteiger partial charge in [-0.1, -0.05) is 19.9 Å². The highest BCUT2D eigenvalue weighted by Crippen LogP contribution is 2.29. The molecule has 3 aromatic rings. The Hall–Kier alpha value is -3.21. The second-order valence-electron chi connectivity index (χ2n) is 9.44. The molecule has 1 amide bonds. The molecule has 2 aromatic heterocycles. The van der Waals surface area contributed by atoms with E-state index in [4.69, 9.17) is 10.5 Å². The third-order valence-electron chi connectivity index (χ3n) is 5.78. The summed E-state index contributed by atoms with van der Waals surface area (Å²) in [5.74, 6) is -2.05. The molecule has 3 N–H and O–H groups in total. The zero-order valence-corrected chi connectivity index (χ0v) is 20.5. The van der Waals surface area contributed by atoms with Crippen LogP contribution in [0.15, 0.2) is 30.3 Å². The maximum absolute atomic E-state index is 14.0. The van der Waals surface area contributed by atoms with Crippen molar-refractivity contribution in [2.45, 2.75) is 64.8 Å². The highest BCUT2D eigenvalue weighted by atomic mass is 19.4. The van der Waals surface area contributed by atoms with Crippen LogP contribution in [0.2, 0.25) is 0 Å². The maximum Gasteiger partial charge on any atom is 0.389 e. The third-order valence-corrected chi connectivity index (χ3v) is 5.78. The Bertz CT molecular complexity index is 1230. The molecule has 0 bridgehead atoms. The van der Waals surface area contributed by atoms with Crippen LogP contribution >= 0.6 is 0 Å². The van der Waals surface area contributed by atoms with Crippen LogP contribution in [0.4, 0.5) is 22.0 Å². The molecule has 0 spiro atoms. The normalized spacial score (nSPS) is 13.8. The van der Waals surface area contributed by atoms with Crippen LogP contribution in [0.25, 0.3) is 5.65 Å². The second-order valence-corrected chi connectivity index (χ2v) is 9.44. The van der Waals surface area contributed by atoms with E-state index >= 15 is 0 Å². The lowest BCUT2D eigenvalue weighted by molar-refractivity contribution is -0.137. The Morgan fingerprint density at radius 1 is 1.14 bits per heavy atom. The zero-order valence-electron chi connectivity index (χ0n) is 20.5. The minimum Gasteiger partial charge on any atom is -0.485 e. The monoisotopic (exact) mass is 512 g/mol. The number of pyridine rings is 1. The van der Waals surface area contributed by atoms with Crippen LogP contribution in [0.1, 0.15) is 67.0 Å². The van der Waals surface area contributed by atoms with Gasteiger partial charge in [0.05, 0.1) is 11.3 Å². The van der Waals surface area contributed by atoms with Gasteiger partial charge in [-0.3, -0.25) is 9.20 Å². The predicted octanol–water partition coefficient (Wildman–Crippen LogP) is 5.41. The summed E-state index contributed by atoms with van der Waals surface area (Å²) in [5.41, 5.74) is 5.98. The van der Waals surface area contributed by atoms with Crippen LogP contribution in [0.3, 0.4) is 0 Å². The van der Waals surface area contributed by atoms with Crippen LogP contribution in [-0.2, 0) is 6.61 Å². The predicted molar refractivity (Wildman–Crippen MR) is 125 cm³/mol. The average molecular weight is 513 g/mol. The molecule has 0 saturated carbocycles. The van der Waals surface area contributed by atoms with Gasteiger partial charge in [-0.05, 0) is 50.5 Å². The number of fused-ring (bicyclic) bond motifs is 1. The first kappa shape index (κ1) is 27.4. The van der Waals surface area contributed by atoms with Crippen molar-refractivity contribution in [2.75, 3.05) is 6.54 Å². The molecular weight excluding hydrogens is 483 g/mol. The van der Waals surface area contributed by atoms with Gasteiger partial charge < -0.3 is 15.8 Å². The smallest absolute Gasteiger partial charge is 0.389 e. The number of nitrogens with one attached hydrogen (secondary N) is 1. The Kier molecular flexibility index (Phi) is 7.92. The van der Waals surface area contributed by atoms with Crippen molar-refractivity contribution in [3.8, 4) is 5.75 Å². The van der Waals surface area contributed by atoms with Crippen LogP contribution in [0.5, 0.6) is 5.75 Å². The van der Waals surface area contributed by atoms with Crippen LogP contribution < -0.4 is 15.8 Å². The van der Waals surface area contributed by atoms with Gasteiger partial charge in [0.25, 0.3) is 5.91 Å². The topological polar surface area (TPSA) is 81.6 Å². The fraction of sp³-hybridized carbons (Fsp3) is 0.440. The maximum atomic E-state index is 14.0. The number of imidazole rings is 1. The molecule has 3 rings (SSSR count). The van der Waals surface area contributed by atoms with E-state index in [0.717, 1.165) is 12.1 Å². The number of aromatic nitrogens is 2. The van der Waals surface area contributed by atoms with Crippen molar-refractivity contribution < 1.29 is 31.5 Å². The fourth-order valence-electron chi connectivity index (χ4n) is 3.73. The number of carbonyl (C=O) groups is 1. The lowest BCUT2D eigenvalue weighted by Gasteiger charge is -2.25. The number of benzene rings is 1. The number of rotatable bonds is 9. The Morgan fingerprint density at radius 3 is 2.36 bits per heavy atom. The summed E-state index contributed by atoms with van der Waals surface area (Å²) in [6, 6.07) is 6.76. The lowest BCUT2D eigenvalue weighted by atomic mass is 9.96. The minimum atomic E-state index is -4.35. The standard InChI is InChI=1S/C25H29F5N4O2/c1-14(2)20-21(23(35)32-13-24(4,31)10-11-25(28,29)30)34-15(3)8-9-19(22(34)33-20)36-12-16-17(26)6-5-7-18(16)27/h5-9,14H,10-13,31H2,1-4H3,(H,32,35). The molecule has 0 aliphatic carbocycles. The summed E-state index contributed by atoms with van der Waals surface area (Å²) in [5, 5.41) is 2.64. The first-order valence-corrected chi connectivity index (χ1v) is 11.4. The molecule has 36 heavy (non-hydrogen) atoms. The van der Waals surface area contributed by atoms with Crippen molar-refractivity contribution in [3.63, 3.8) is 0 Å². The highest BCUT2D eigenvalue weighted by molar-refractivity contribution is 5.95. The lowest BCUT2D eigenvalue weighted by Crippen LogP contribution is -2.48. The van der Waals surface area contributed by atoms with Crippen LogP contribution in [-0.4, -0.2) is 33.6 Å². The molecule has 196 valence electrons. The highest BCUT2D eigenvalue weighted by Gasteiger charge is 2.32. The number of aryl methyl sites for hydroxylation is 1. The molecule has 0 aliphatic heterocycles. The Morgan fingerprint density at radius 2 is 1.78 bits per heavy atom. The zero-order chi connectivity index (χ0) is 26.8. The third kappa shape index (κ3) is 6.31. The largest absolute Gasteiger partial charge is 0.485 e. The van der Waals surface area contributed by atoms with Gasteiger partial charge >= 0.3 is 6.18 Å². The number of hydrogen-bond donors (Lipinski definition) is 2. The van der Waals surface area contributed by atoms with E-state index in [1.165, 1.54) is 13.0 Å². The first-order valence-electron chi connectivity index (χ1n) is 11.4. The number of amides is 1. The van der Waals surface area contributed by atoms with Crippen molar-refractivity contribution in [2.24, 2.45) is 5.73 Å². The summed E-state index contributed by atoms with van der Waals surface area (Å²) < 4.78 is 73.2. The summed E-state index contributed by atoms with van der Waals surface area (Å²) >= 11 is 0. The molecule has 6 nitrogen and oxygen atoms in total. The number of alkyl halides is 3. The van der Waals surface area contributed by atoms with E-state index in [0.29, 0.717) is 11.4 Å². The van der Waals surface area contributed by atoms with E-state index in [-0.39, 0.29) is 41.5 Å². The summed E-state index contributed by atoms with van der Waals surface area (Å²) in [4.78, 5) is 17.8. The van der Waals surface area contributed by atoms with E-state index in [9.17, 15) is 26.7 Å². The van der Waals surface area contributed by atoms with Crippen molar-refractivity contribution in [1.82, 2.24) is 14.7 Å². The number of ether oxygens (including phenoxy) is 1. The second kappa shape index (κ2) is 10.4. The molecule has 11 heteroatoms. The van der Waals surface area contributed by atoms with E-state index in [2.05, 4.69) is 10.3 Å². The van der Waals surface area contributed by atoms with Gasteiger partial charge in [0.15, 0.2) is 11.4 Å². The van der Waals surface area contributed by atoms with E-state index < -0.39 is 42.3 Å². The summed E-state index contributed by atoms with van der Waals surface area (Å²) in [6.07, 6.45) is -5.77. The molecule has 1 unspecified atom stereocenters. The number of hydrogen-bond acceptors (Lipinski definition) is 4. The molecule has 0 saturated heterocycles. The Balaban J connectivity index is 1.92. The van der Waals surface area contributed by atoms with Crippen LogP contribution in [0, 0.1) is 18.6 Å². The summed E-state index contributed by atoms with van der Waals surface area (Å²) in [7, 11) is 0. The molecule has 0 fully saturated rings. The Labute approximate surface area is 205 Å². The van der Waals surface area contributed by atoms with Crippen molar-refractivity contribution >= 4 is 11.6 Å². The molecule has 1 atom stereocenters. The quantitative estimate of drug-likeness (QED) is 0.376. The van der Waals surface area contributed by atoms with E-state index in [1.807, 2.05) is 13.8 Å². The average Bonchev–Trinajstić information content (AvgIpc) is 3.19. The van der Waals surface area contributed by atoms with Gasteiger partial charge in [-0.15, -0.1) is 0 Å². The van der Waals surface area contributed by atoms with E-state index in [1.54, 1.807) is 23.5 Å². The van der Waals surface area contributed by atoms with Crippen molar-refractivity contribution in [3.05, 3.63) is 64.6 Å². The van der Waals surface area contributed by atoms with Gasteiger partial charge in [0.2, 0.25) is 0 Å². The number of nitrogens with two attached hydrogens (primary N) is 1. The molecular formula is C25H29F5N4O2. The fourth-order valence-corrected chi connectivity index (χ4v) is 3.73. The SMILES string of the molecule is Cc1ccc(OCc2c(F)cccc2F)c2nc(C(C)C)c(C(=O)NCC(C)(N)CCC(F)(F)F)n12. The number of nitrogens with zero attached hydrogens (tertiary/aromatic N) is 2. The van der Waals surface area contributed by atoms with Gasteiger partial charge in [0, 0.05) is 24.2 Å².